The SMILES string of the molecule is CS(=O)c1ccc(-c2cccn3nc(Nc4ccc(C(=O)N5CCOCC5)cc4)nc23)cc1. The fraction of sp³-hybridized carbons (Fsp3) is 0.208. The first-order chi connectivity index (χ1) is 16.1. The summed E-state index contributed by atoms with van der Waals surface area (Å²) in [6.45, 7) is 2.39. The zero-order valence-electron chi connectivity index (χ0n) is 18.1. The van der Waals surface area contributed by atoms with Crippen LogP contribution in [-0.4, -0.2) is 62.2 Å². The van der Waals surface area contributed by atoms with Gasteiger partial charge in [0.25, 0.3) is 5.91 Å². The number of carbonyl (C=O) groups excluding carboxylic acids is 1. The normalized spacial score (nSPS) is 14.9. The molecule has 1 N–H and O–H groups in total. The lowest BCUT2D eigenvalue weighted by molar-refractivity contribution is 0.0303. The molecule has 4 aromatic rings. The minimum atomic E-state index is -1.02. The van der Waals surface area contributed by atoms with Crippen molar-refractivity contribution in [3.8, 4) is 11.1 Å². The van der Waals surface area contributed by atoms with Crippen LogP contribution in [-0.2, 0) is 15.5 Å². The minimum absolute atomic E-state index is 0.0123. The molecule has 9 heteroatoms. The van der Waals surface area contributed by atoms with Crippen LogP contribution in [0.15, 0.2) is 71.8 Å². The third-order valence-corrected chi connectivity index (χ3v) is 6.48. The summed E-state index contributed by atoms with van der Waals surface area (Å²) in [6.07, 6.45) is 3.51. The van der Waals surface area contributed by atoms with Gasteiger partial charge in [0.15, 0.2) is 5.65 Å². The summed E-state index contributed by atoms with van der Waals surface area (Å²) in [7, 11) is -1.02. The van der Waals surface area contributed by atoms with E-state index in [2.05, 4.69) is 15.4 Å². The topological polar surface area (TPSA) is 88.8 Å². The van der Waals surface area contributed by atoms with Gasteiger partial charge in [-0.05, 0) is 54.1 Å². The highest BCUT2D eigenvalue weighted by Crippen LogP contribution is 2.26. The highest BCUT2D eigenvalue weighted by atomic mass is 32.2. The molecule has 2 aromatic carbocycles. The minimum Gasteiger partial charge on any atom is -0.378 e. The highest BCUT2D eigenvalue weighted by Gasteiger charge is 2.18. The molecular formula is C24H23N5O3S. The van der Waals surface area contributed by atoms with Crippen LogP contribution in [0, 0.1) is 0 Å². The van der Waals surface area contributed by atoms with Gasteiger partial charge in [-0.1, -0.05) is 12.1 Å². The third kappa shape index (κ3) is 4.50. The average Bonchev–Trinajstić information content (AvgIpc) is 3.27. The molecule has 1 aliphatic heterocycles. The quantitative estimate of drug-likeness (QED) is 0.490. The maximum Gasteiger partial charge on any atom is 0.254 e. The molecule has 1 saturated heterocycles. The summed E-state index contributed by atoms with van der Waals surface area (Å²) in [5.41, 5.74) is 4.05. The van der Waals surface area contributed by atoms with Gasteiger partial charge in [-0.3, -0.25) is 9.00 Å². The molecule has 1 fully saturated rings. The number of benzene rings is 2. The van der Waals surface area contributed by atoms with Gasteiger partial charge >= 0.3 is 0 Å². The zero-order valence-corrected chi connectivity index (χ0v) is 18.9. The standard InChI is InChI=1S/C24H23N5O3S/c1-33(31)20-10-6-17(7-11-20)21-3-2-12-29-22(21)26-24(27-29)25-19-8-4-18(5-9-19)23(30)28-13-15-32-16-14-28/h2-12H,13-16H2,1H3,(H,25,27). The Bertz CT molecular complexity index is 1310. The van der Waals surface area contributed by atoms with Gasteiger partial charge < -0.3 is 15.0 Å². The number of morpholine rings is 1. The van der Waals surface area contributed by atoms with Crippen LogP contribution < -0.4 is 5.32 Å². The van der Waals surface area contributed by atoms with Crippen molar-refractivity contribution in [2.75, 3.05) is 37.9 Å². The number of amides is 1. The Morgan fingerprint density at radius 2 is 1.76 bits per heavy atom. The Morgan fingerprint density at radius 1 is 1.03 bits per heavy atom. The molecule has 0 radical (unpaired) electrons. The largest absolute Gasteiger partial charge is 0.378 e. The monoisotopic (exact) mass is 461 g/mol. The molecule has 1 unspecified atom stereocenters. The molecule has 1 amide bonds. The molecule has 168 valence electrons. The summed E-state index contributed by atoms with van der Waals surface area (Å²) in [5, 5.41) is 7.74. The van der Waals surface area contributed by atoms with E-state index in [0.717, 1.165) is 21.7 Å². The fourth-order valence-corrected chi connectivity index (χ4v) is 4.30. The average molecular weight is 462 g/mol. The van der Waals surface area contributed by atoms with Crippen LogP contribution >= 0.6 is 0 Å². The lowest BCUT2D eigenvalue weighted by Gasteiger charge is -2.26. The second-order valence-electron chi connectivity index (χ2n) is 7.71. The van der Waals surface area contributed by atoms with E-state index in [1.165, 1.54) is 0 Å². The number of carbonyl (C=O) groups is 1. The van der Waals surface area contributed by atoms with Crippen molar-refractivity contribution in [1.82, 2.24) is 19.5 Å². The lowest BCUT2D eigenvalue weighted by Crippen LogP contribution is -2.40. The number of nitrogens with zero attached hydrogens (tertiary/aromatic N) is 4. The van der Waals surface area contributed by atoms with Gasteiger partial charge in [0.1, 0.15) is 0 Å². The van der Waals surface area contributed by atoms with E-state index < -0.39 is 10.8 Å². The summed E-state index contributed by atoms with van der Waals surface area (Å²) in [5.74, 6) is 0.472. The van der Waals surface area contributed by atoms with Crippen molar-refractivity contribution >= 4 is 34.0 Å². The van der Waals surface area contributed by atoms with E-state index >= 15 is 0 Å². The van der Waals surface area contributed by atoms with E-state index in [1.807, 2.05) is 59.6 Å². The summed E-state index contributed by atoms with van der Waals surface area (Å²) >= 11 is 0. The number of fused-ring (bicyclic) bond motifs is 1. The number of pyridine rings is 1. The van der Waals surface area contributed by atoms with Gasteiger partial charge in [0.2, 0.25) is 5.95 Å². The molecule has 5 rings (SSSR count). The van der Waals surface area contributed by atoms with E-state index in [0.29, 0.717) is 43.5 Å². The molecule has 1 aliphatic rings. The Kier molecular flexibility index (Phi) is 5.89. The Balaban J connectivity index is 1.36. The van der Waals surface area contributed by atoms with E-state index in [4.69, 9.17) is 4.74 Å². The van der Waals surface area contributed by atoms with Crippen molar-refractivity contribution in [3.63, 3.8) is 0 Å². The van der Waals surface area contributed by atoms with Crippen molar-refractivity contribution in [2.45, 2.75) is 4.90 Å². The predicted molar refractivity (Wildman–Crippen MR) is 127 cm³/mol. The number of rotatable bonds is 5. The van der Waals surface area contributed by atoms with Crippen molar-refractivity contribution < 1.29 is 13.7 Å². The van der Waals surface area contributed by atoms with Gasteiger partial charge in [-0.15, -0.1) is 5.10 Å². The number of nitrogens with one attached hydrogen (secondary N) is 1. The molecule has 8 nitrogen and oxygen atoms in total. The van der Waals surface area contributed by atoms with Gasteiger partial charge in [0, 0.05) is 58.1 Å². The Labute approximate surface area is 193 Å². The molecule has 3 heterocycles. The van der Waals surface area contributed by atoms with Crippen LogP contribution in [0.4, 0.5) is 11.6 Å². The highest BCUT2D eigenvalue weighted by molar-refractivity contribution is 7.84. The van der Waals surface area contributed by atoms with Crippen molar-refractivity contribution in [3.05, 3.63) is 72.4 Å². The smallest absolute Gasteiger partial charge is 0.254 e. The molecule has 1 atom stereocenters. The predicted octanol–water partition coefficient (Wildman–Crippen LogP) is 3.35. The molecule has 33 heavy (non-hydrogen) atoms. The van der Waals surface area contributed by atoms with Crippen LogP contribution in [0.3, 0.4) is 0 Å². The van der Waals surface area contributed by atoms with E-state index in [9.17, 15) is 9.00 Å². The summed E-state index contributed by atoms with van der Waals surface area (Å²) in [4.78, 5) is 19.9. The first kappa shape index (κ1) is 21.3. The van der Waals surface area contributed by atoms with Crippen LogP contribution in [0.25, 0.3) is 16.8 Å². The second kappa shape index (κ2) is 9.13. The molecule has 0 saturated carbocycles. The van der Waals surface area contributed by atoms with Crippen LogP contribution in [0.1, 0.15) is 10.4 Å². The molecule has 0 aliphatic carbocycles. The third-order valence-electron chi connectivity index (χ3n) is 5.55. The number of anilines is 2. The van der Waals surface area contributed by atoms with Gasteiger partial charge in [0.05, 0.1) is 13.2 Å². The first-order valence-corrected chi connectivity index (χ1v) is 12.2. The maximum atomic E-state index is 12.6. The Morgan fingerprint density at radius 3 is 2.45 bits per heavy atom. The number of hydrogen-bond acceptors (Lipinski definition) is 6. The molecule has 0 bridgehead atoms. The van der Waals surface area contributed by atoms with Gasteiger partial charge in [-0.2, -0.15) is 4.98 Å². The van der Waals surface area contributed by atoms with E-state index in [-0.39, 0.29) is 5.91 Å². The summed E-state index contributed by atoms with van der Waals surface area (Å²) < 4.78 is 18.7. The lowest BCUT2D eigenvalue weighted by atomic mass is 10.1. The number of hydrogen-bond donors (Lipinski definition) is 1. The second-order valence-corrected chi connectivity index (χ2v) is 9.09. The Hall–Kier alpha value is -3.56. The maximum absolute atomic E-state index is 12.6. The first-order valence-electron chi connectivity index (χ1n) is 10.6. The molecule has 2 aromatic heterocycles. The van der Waals surface area contributed by atoms with E-state index in [1.54, 1.807) is 22.9 Å². The zero-order chi connectivity index (χ0) is 22.8. The molecule has 0 spiro atoms. The van der Waals surface area contributed by atoms with Gasteiger partial charge in [-0.25, -0.2) is 4.52 Å². The van der Waals surface area contributed by atoms with Crippen molar-refractivity contribution in [2.24, 2.45) is 0 Å². The fourth-order valence-electron chi connectivity index (χ4n) is 3.78. The number of ether oxygens (including phenoxy) is 1. The summed E-state index contributed by atoms with van der Waals surface area (Å²) in [6, 6.07) is 18.8. The molecular weight excluding hydrogens is 438 g/mol. The van der Waals surface area contributed by atoms with Crippen molar-refractivity contribution in [1.29, 1.82) is 0 Å². The van der Waals surface area contributed by atoms with Crippen LogP contribution in [0.2, 0.25) is 0 Å². The number of aromatic nitrogens is 3. The van der Waals surface area contributed by atoms with Crippen LogP contribution in [0.5, 0.6) is 0 Å².